The first-order valence-electron chi connectivity index (χ1n) is 7.10. The molecule has 0 aliphatic heterocycles. The minimum absolute atomic E-state index is 0. The van der Waals surface area contributed by atoms with Crippen LogP contribution in [0.5, 0.6) is 0 Å². The molecule has 0 aromatic heterocycles. The van der Waals surface area contributed by atoms with Crippen molar-refractivity contribution in [2.75, 3.05) is 0 Å². The molecule has 4 rings (SSSR count). The molecular weight excluding hydrogens is 390 g/mol. The summed E-state index contributed by atoms with van der Waals surface area (Å²) in [6.07, 6.45) is 9.39. The molecule has 2 atom stereocenters. The summed E-state index contributed by atoms with van der Waals surface area (Å²) in [5, 5.41) is 0. The van der Waals surface area contributed by atoms with E-state index < -0.39 is 0 Å². The van der Waals surface area contributed by atoms with E-state index in [4.69, 9.17) is 0 Å². The Bertz CT molecular complexity index is 659. The van der Waals surface area contributed by atoms with E-state index in [9.17, 15) is 0 Å². The molecule has 0 radical (unpaired) electrons. The summed E-state index contributed by atoms with van der Waals surface area (Å²) in [6, 6.07) is 17.6. The van der Waals surface area contributed by atoms with Crippen molar-refractivity contribution in [2.45, 2.75) is 15.5 Å². The number of benzene rings is 2. The fourth-order valence-electron chi connectivity index (χ4n) is 3.40. The molecule has 22 heavy (non-hydrogen) atoms. The van der Waals surface area contributed by atoms with Gasteiger partial charge in [0.1, 0.15) is 0 Å². The Hall–Kier alpha value is -0.617. The van der Waals surface area contributed by atoms with E-state index in [1.807, 2.05) is 0 Å². The van der Waals surface area contributed by atoms with Crippen LogP contribution in [-0.4, -0.2) is 0 Å². The average molecular weight is 405 g/mol. The van der Waals surface area contributed by atoms with Gasteiger partial charge in [-0.2, -0.15) is 0 Å². The van der Waals surface area contributed by atoms with Crippen LogP contribution < -0.4 is 24.8 Å². The summed E-state index contributed by atoms with van der Waals surface area (Å²) in [4.78, 5) is 0. The van der Waals surface area contributed by atoms with Crippen LogP contribution >= 0.6 is 0 Å². The van der Waals surface area contributed by atoms with Crippen LogP contribution in [0.2, 0.25) is 3.63 Å². The molecule has 2 aliphatic carbocycles. The number of hydrogen-bond acceptors (Lipinski definition) is 0. The maximum atomic E-state index is 2.40. The normalized spacial score (nSPS) is 21.5. The van der Waals surface area contributed by atoms with Gasteiger partial charge in [-0.25, -0.2) is 0 Å². The molecular formula is C19H15Cl2Zr. The minimum atomic E-state index is 0. The molecule has 0 N–H and O–H groups in total. The van der Waals surface area contributed by atoms with Gasteiger partial charge in [-0.05, 0) is 0 Å². The second-order valence-corrected chi connectivity index (χ2v) is 7.19. The van der Waals surface area contributed by atoms with Crippen LogP contribution in [0.25, 0.3) is 12.2 Å². The van der Waals surface area contributed by atoms with Crippen molar-refractivity contribution < 1.29 is 49.5 Å². The van der Waals surface area contributed by atoms with Gasteiger partial charge in [0.25, 0.3) is 0 Å². The Morgan fingerprint density at radius 2 is 1.09 bits per heavy atom. The van der Waals surface area contributed by atoms with Crippen molar-refractivity contribution in [3.63, 3.8) is 0 Å². The van der Waals surface area contributed by atoms with Gasteiger partial charge in [0.05, 0.1) is 0 Å². The van der Waals surface area contributed by atoms with Crippen molar-refractivity contribution in [1.82, 2.24) is 0 Å². The topological polar surface area (TPSA) is 0 Å². The molecule has 2 aromatic carbocycles. The zero-order chi connectivity index (χ0) is 13.5. The fraction of sp³-hybridized carbons (Fsp3) is 0.158. The van der Waals surface area contributed by atoms with E-state index in [2.05, 4.69) is 72.8 Å². The molecule has 0 saturated carbocycles. The molecule has 0 nitrogen and oxygen atoms in total. The molecule has 2 unspecified atom stereocenters. The number of hydrogen-bond donors (Lipinski definition) is 0. The van der Waals surface area contributed by atoms with Crippen LogP contribution in [0.1, 0.15) is 34.1 Å². The zero-order valence-electron chi connectivity index (χ0n) is 11.9. The van der Waals surface area contributed by atoms with Crippen LogP contribution in [-0.2, 0) is 24.7 Å². The van der Waals surface area contributed by atoms with E-state index in [1.165, 1.54) is 22.3 Å². The third-order valence-corrected chi connectivity index (χ3v) is 6.22. The van der Waals surface area contributed by atoms with Gasteiger partial charge < -0.3 is 24.8 Å². The van der Waals surface area contributed by atoms with Gasteiger partial charge in [-0.1, -0.05) is 0 Å². The number of halogens is 2. The van der Waals surface area contributed by atoms with E-state index >= 15 is 0 Å². The van der Waals surface area contributed by atoms with E-state index in [0.717, 1.165) is 0 Å². The average Bonchev–Trinajstić information content (AvgIpc) is 3.11. The number of fused-ring (bicyclic) bond motifs is 2. The summed E-state index contributed by atoms with van der Waals surface area (Å²) < 4.78 is 0.682. The molecule has 0 spiro atoms. The van der Waals surface area contributed by atoms with E-state index in [-0.39, 0.29) is 24.8 Å². The van der Waals surface area contributed by atoms with Crippen molar-refractivity contribution in [3.05, 3.63) is 82.9 Å². The molecule has 3 heteroatoms. The Morgan fingerprint density at radius 3 is 1.55 bits per heavy atom. The SMILES string of the molecule is [Cl-].[Cl-].[Zr+2][CH](C1C=Cc2ccccc21)C1C=Cc2ccccc21. The quantitative estimate of drug-likeness (QED) is 0.599. The zero-order valence-corrected chi connectivity index (χ0v) is 15.9. The Kier molecular flexibility index (Phi) is 5.89. The van der Waals surface area contributed by atoms with E-state index in [1.54, 1.807) is 24.7 Å². The second kappa shape index (κ2) is 7.30. The summed E-state index contributed by atoms with van der Waals surface area (Å²) in [6.45, 7) is 0. The standard InChI is InChI=1S/C19H15.2ClH.Zr/c1-3-7-18-14(5-1)9-11-16(18)13-17-12-10-15-6-2-4-8-19(15)17;;;/h1-13,16-17H;2*1H;/q;;;+2/p-2. The number of rotatable bonds is 2. The molecule has 0 heterocycles. The summed E-state index contributed by atoms with van der Waals surface area (Å²) in [7, 11) is 0. The second-order valence-electron chi connectivity index (χ2n) is 5.55. The monoisotopic (exact) mass is 403 g/mol. The third-order valence-electron chi connectivity index (χ3n) is 4.45. The van der Waals surface area contributed by atoms with Crippen LogP contribution in [0.4, 0.5) is 0 Å². The first-order valence-corrected chi connectivity index (χ1v) is 8.52. The van der Waals surface area contributed by atoms with Crippen molar-refractivity contribution in [3.8, 4) is 0 Å². The van der Waals surface area contributed by atoms with Crippen LogP contribution in [0, 0.1) is 0 Å². The van der Waals surface area contributed by atoms with Crippen LogP contribution in [0.3, 0.4) is 0 Å². The van der Waals surface area contributed by atoms with Crippen molar-refractivity contribution in [2.24, 2.45) is 0 Å². The Labute approximate surface area is 159 Å². The molecule has 0 bridgehead atoms. The molecule has 2 aliphatic rings. The van der Waals surface area contributed by atoms with E-state index in [0.29, 0.717) is 15.5 Å². The Balaban J connectivity index is 0.000000882. The predicted octanol–water partition coefficient (Wildman–Crippen LogP) is -1.05. The molecule has 0 fully saturated rings. The molecule has 109 valence electrons. The third kappa shape index (κ3) is 2.92. The first kappa shape index (κ1) is 17.7. The molecule has 2 aromatic rings. The van der Waals surface area contributed by atoms with Gasteiger partial charge in [-0.3, -0.25) is 0 Å². The first-order chi connectivity index (χ1) is 9.84. The van der Waals surface area contributed by atoms with Gasteiger partial charge in [0.15, 0.2) is 0 Å². The van der Waals surface area contributed by atoms with Crippen molar-refractivity contribution in [1.29, 1.82) is 0 Å². The maximum absolute atomic E-state index is 2.40. The Morgan fingerprint density at radius 1 is 0.682 bits per heavy atom. The van der Waals surface area contributed by atoms with Gasteiger partial charge >= 0.3 is 135 Å². The van der Waals surface area contributed by atoms with Gasteiger partial charge in [0.2, 0.25) is 0 Å². The summed E-state index contributed by atoms with van der Waals surface area (Å²) in [5.74, 6) is 1.15. The van der Waals surface area contributed by atoms with Gasteiger partial charge in [0, 0.05) is 0 Å². The summed E-state index contributed by atoms with van der Waals surface area (Å²) >= 11 is 1.62. The van der Waals surface area contributed by atoms with Crippen molar-refractivity contribution >= 4 is 12.2 Å². The summed E-state index contributed by atoms with van der Waals surface area (Å²) in [5.41, 5.74) is 5.82. The van der Waals surface area contributed by atoms with Crippen LogP contribution in [0.15, 0.2) is 60.7 Å². The number of allylic oxidation sites excluding steroid dienone is 2. The molecule has 0 saturated heterocycles. The molecule has 0 amide bonds. The predicted molar refractivity (Wildman–Crippen MR) is 80.2 cm³/mol. The van der Waals surface area contributed by atoms with Gasteiger partial charge in [-0.15, -0.1) is 0 Å². The fourth-order valence-corrected chi connectivity index (χ4v) is 4.83.